The van der Waals surface area contributed by atoms with Crippen molar-refractivity contribution in [3.63, 3.8) is 0 Å². The third-order valence-electron chi connectivity index (χ3n) is 4.46. The molecule has 0 bridgehead atoms. The quantitative estimate of drug-likeness (QED) is 0.681. The number of hydrogen-bond donors (Lipinski definition) is 1. The van der Waals surface area contributed by atoms with Crippen LogP contribution in [0.2, 0.25) is 0 Å². The third-order valence-corrected chi connectivity index (χ3v) is 5.48. The number of aromatic nitrogens is 1. The van der Waals surface area contributed by atoms with Crippen molar-refractivity contribution in [3.8, 4) is 0 Å². The summed E-state index contributed by atoms with van der Waals surface area (Å²) in [6, 6.07) is 6.63. The van der Waals surface area contributed by atoms with Crippen molar-refractivity contribution >= 4 is 38.4 Å². The number of carbonyl (C=O) groups is 2. The third kappa shape index (κ3) is 2.73. The van der Waals surface area contributed by atoms with Gasteiger partial charge in [-0.05, 0) is 43.7 Å². The van der Waals surface area contributed by atoms with Gasteiger partial charge in [0.25, 0.3) is 5.91 Å². The van der Waals surface area contributed by atoms with Crippen molar-refractivity contribution in [1.82, 2.24) is 4.98 Å². The average Bonchev–Trinajstić information content (AvgIpc) is 3.31. The highest BCUT2D eigenvalue weighted by Gasteiger charge is 2.44. The molecule has 1 aliphatic heterocycles. The summed E-state index contributed by atoms with van der Waals surface area (Å²) in [6.07, 6.45) is 0.390. The van der Waals surface area contributed by atoms with Crippen LogP contribution in [0.25, 0.3) is 10.2 Å². The number of aliphatic hydroxyl groups is 1. The van der Waals surface area contributed by atoms with Gasteiger partial charge in [-0.3, -0.25) is 14.5 Å². The first kappa shape index (κ1) is 17.4. The number of amides is 1. The standard InChI is InChI=1S/C19H15FN2O4S/c1-3-12-15(16(23)13-7-4-9(2)26-13)17(24)18(25)22(12)19-21-11-6-5-10(20)8-14(11)27-19/h4-8,12,24H,3H2,1-2H3. The number of benzene rings is 1. The Morgan fingerprint density at radius 2 is 2.15 bits per heavy atom. The lowest BCUT2D eigenvalue weighted by atomic mass is 10.00. The van der Waals surface area contributed by atoms with Crippen LogP contribution in [0, 0.1) is 12.7 Å². The number of aliphatic hydroxyl groups excluding tert-OH is 1. The van der Waals surface area contributed by atoms with Crippen LogP contribution in [-0.2, 0) is 4.79 Å². The molecule has 27 heavy (non-hydrogen) atoms. The van der Waals surface area contributed by atoms with Crippen molar-refractivity contribution < 1.29 is 23.5 Å². The molecule has 3 aromatic rings. The number of Topliss-reactive ketones (excluding diaryl/α,β-unsaturated/α-hetero) is 1. The molecular weight excluding hydrogens is 371 g/mol. The van der Waals surface area contributed by atoms with E-state index in [0.29, 0.717) is 27.5 Å². The number of rotatable bonds is 4. The summed E-state index contributed by atoms with van der Waals surface area (Å²) >= 11 is 1.13. The zero-order valence-electron chi connectivity index (χ0n) is 14.5. The molecule has 1 aliphatic rings. The van der Waals surface area contributed by atoms with Gasteiger partial charge in [0.2, 0.25) is 5.78 Å². The Balaban J connectivity index is 1.77. The lowest BCUT2D eigenvalue weighted by Gasteiger charge is -2.22. The number of thiazole rings is 1. The smallest absolute Gasteiger partial charge is 0.296 e. The number of furan rings is 1. The molecule has 1 N–H and O–H groups in total. The van der Waals surface area contributed by atoms with E-state index in [1.165, 1.54) is 29.2 Å². The highest BCUT2D eigenvalue weighted by molar-refractivity contribution is 7.22. The number of halogens is 1. The van der Waals surface area contributed by atoms with Crippen LogP contribution in [0.3, 0.4) is 0 Å². The van der Waals surface area contributed by atoms with Crippen molar-refractivity contribution in [1.29, 1.82) is 0 Å². The molecule has 0 fully saturated rings. The van der Waals surface area contributed by atoms with Gasteiger partial charge < -0.3 is 9.52 Å². The Kier molecular flexibility index (Phi) is 4.07. The molecule has 138 valence electrons. The fraction of sp³-hybridized carbons (Fsp3) is 0.211. The molecule has 6 nitrogen and oxygen atoms in total. The van der Waals surface area contributed by atoms with Crippen LogP contribution in [0.15, 0.2) is 46.1 Å². The number of anilines is 1. The predicted molar refractivity (Wildman–Crippen MR) is 98.6 cm³/mol. The molecule has 1 unspecified atom stereocenters. The maximum atomic E-state index is 13.5. The van der Waals surface area contributed by atoms with Gasteiger partial charge in [-0.15, -0.1) is 0 Å². The molecule has 1 aromatic carbocycles. The lowest BCUT2D eigenvalue weighted by molar-refractivity contribution is -0.117. The van der Waals surface area contributed by atoms with Gasteiger partial charge in [0, 0.05) is 0 Å². The zero-order valence-corrected chi connectivity index (χ0v) is 15.3. The average molecular weight is 386 g/mol. The number of hydrogen-bond acceptors (Lipinski definition) is 6. The summed E-state index contributed by atoms with van der Waals surface area (Å²) in [6.45, 7) is 3.51. The second-order valence-electron chi connectivity index (χ2n) is 6.21. The molecule has 0 saturated carbocycles. The van der Waals surface area contributed by atoms with Gasteiger partial charge in [0.1, 0.15) is 11.6 Å². The van der Waals surface area contributed by atoms with Crippen LogP contribution < -0.4 is 4.90 Å². The van der Waals surface area contributed by atoms with Crippen LogP contribution in [0.5, 0.6) is 0 Å². The molecule has 1 amide bonds. The van der Waals surface area contributed by atoms with Crippen LogP contribution in [-0.4, -0.2) is 27.8 Å². The summed E-state index contributed by atoms with van der Waals surface area (Å²) < 4.78 is 19.4. The zero-order chi connectivity index (χ0) is 19.3. The van der Waals surface area contributed by atoms with Gasteiger partial charge in [0.15, 0.2) is 16.7 Å². The minimum Gasteiger partial charge on any atom is -0.503 e. The second-order valence-corrected chi connectivity index (χ2v) is 7.22. The summed E-state index contributed by atoms with van der Waals surface area (Å²) in [5, 5.41) is 10.7. The fourth-order valence-electron chi connectivity index (χ4n) is 3.20. The topological polar surface area (TPSA) is 83.6 Å². The molecular formula is C19H15FN2O4S. The minimum atomic E-state index is -0.701. The van der Waals surface area contributed by atoms with Gasteiger partial charge in [-0.1, -0.05) is 18.3 Å². The van der Waals surface area contributed by atoms with Crippen molar-refractivity contribution in [3.05, 3.63) is 59.0 Å². The number of ketones is 1. The monoisotopic (exact) mass is 386 g/mol. The van der Waals surface area contributed by atoms with Crippen LogP contribution in [0.1, 0.15) is 29.7 Å². The van der Waals surface area contributed by atoms with Gasteiger partial charge in [0.05, 0.1) is 21.8 Å². The van der Waals surface area contributed by atoms with Crippen molar-refractivity contribution in [2.45, 2.75) is 26.3 Å². The molecule has 0 saturated heterocycles. The van der Waals surface area contributed by atoms with Gasteiger partial charge in [-0.25, -0.2) is 9.37 Å². The molecule has 1 atom stereocenters. The Bertz CT molecular complexity index is 1110. The Morgan fingerprint density at radius 3 is 2.81 bits per heavy atom. The first-order valence-electron chi connectivity index (χ1n) is 8.34. The summed E-state index contributed by atoms with van der Waals surface area (Å²) in [5.41, 5.74) is 0.530. The van der Waals surface area contributed by atoms with E-state index in [1.54, 1.807) is 19.9 Å². The Hall–Kier alpha value is -3.00. The van der Waals surface area contributed by atoms with E-state index in [4.69, 9.17) is 4.42 Å². The molecule has 8 heteroatoms. The number of fused-ring (bicyclic) bond motifs is 1. The first-order chi connectivity index (χ1) is 12.9. The highest BCUT2D eigenvalue weighted by Crippen LogP contribution is 2.38. The summed E-state index contributed by atoms with van der Waals surface area (Å²) in [4.78, 5) is 31.2. The van der Waals surface area contributed by atoms with Crippen molar-refractivity contribution in [2.75, 3.05) is 4.90 Å². The predicted octanol–water partition coefficient (Wildman–Crippen LogP) is 4.16. The molecule has 0 radical (unpaired) electrons. The highest BCUT2D eigenvalue weighted by atomic mass is 32.1. The SMILES string of the molecule is CCC1C(C(=O)c2ccc(C)o2)=C(O)C(=O)N1c1nc2ccc(F)cc2s1. The van der Waals surface area contributed by atoms with E-state index in [0.717, 1.165) is 11.3 Å². The van der Waals surface area contributed by atoms with Crippen LogP contribution >= 0.6 is 11.3 Å². The second kappa shape index (κ2) is 6.31. The van der Waals surface area contributed by atoms with Gasteiger partial charge >= 0.3 is 0 Å². The largest absolute Gasteiger partial charge is 0.503 e. The van der Waals surface area contributed by atoms with E-state index in [-0.39, 0.29) is 11.3 Å². The van der Waals surface area contributed by atoms with Gasteiger partial charge in [-0.2, -0.15) is 0 Å². The summed E-state index contributed by atoms with van der Waals surface area (Å²) in [5.74, 6) is -1.62. The molecule has 4 rings (SSSR count). The maximum absolute atomic E-state index is 13.5. The van der Waals surface area contributed by atoms with Crippen molar-refractivity contribution in [2.24, 2.45) is 0 Å². The van der Waals surface area contributed by atoms with E-state index in [1.807, 2.05) is 0 Å². The number of nitrogens with zero attached hydrogens (tertiary/aromatic N) is 2. The lowest BCUT2D eigenvalue weighted by Crippen LogP contribution is -2.36. The van der Waals surface area contributed by atoms with E-state index in [9.17, 15) is 19.1 Å². The van der Waals surface area contributed by atoms with Crippen LogP contribution in [0.4, 0.5) is 9.52 Å². The van der Waals surface area contributed by atoms with E-state index >= 15 is 0 Å². The maximum Gasteiger partial charge on any atom is 0.296 e. The minimum absolute atomic E-state index is 0.0118. The van der Waals surface area contributed by atoms with E-state index < -0.39 is 29.3 Å². The number of aryl methyl sites for hydroxylation is 1. The Labute approximate surface area is 157 Å². The molecule has 2 aromatic heterocycles. The molecule has 0 spiro atoms. The normalized spacial score (nSPS) is 17.4. The molecule has 0 aliphatic carbocycles. The summed E-state index contributed by atoms with van der Waals surface area (Å²) in [7, 11) is 0. The first-order valence-corrected chi connectivity index (χ1v) is 9.16. The number of carbonyl (C=O) groups excluding carboxylic acids is 2. The van der Waals surface area contributed by atoms with E-state index in [2.05, 4.69) is 4.98 Å². The molecule has 3 heterocycles. The Morgan fingerprint density at radius 1 is 1.37 bits per heavy atom. The fourth-order valence-corrected chi connectivity index (χ4v) is 4.24.